The lowest BCUT2D eigenvalue weighted by Crippen LogP contribution is -2.33. The number of tetrazole rings is 1. The minimum atomic E-state index is -0.187. The molecule has 0 atom stereocenters. The molecule has 0 bridgehead atoms. The minimum Gasteiger partial charge on any atom is -0.282 e. The number of imide groups is 1. The molecule has 1 aromatic heterocycles. The maximum absolute atomic E-state index is 12.1. The molecule has 2 amide bonds. The Hall–Kier alpha value is -2.22. The summed E-state index contributed by atoms with van der Waals surface area (Å²) in [5.41, 5.74) is 3.10. The van der Waals surface area contributed by atoms with Crippen LogP contribution in [0.3, 0.4) is 0 Å². The van der Waals surface area contributed by atoms with Crippen molar-refractivity contribution < 1.29 is 9.59 Å². The molecule has 3 rings (SSSR count). The van der Waals surface area contributed by atoms with Crippen molar-refractivity contribution in [2.24, 2.45) is 0 Å². The number of aromatic nitrogens is 4. The van der Waals surface area contributed by atoms with Gasteiger partial charge in [-0.15, -0.1) is 5.10 Å². The summed E-state index contributed by atoms with van der Waals surface area (Å²) in [5, 5.41) is 12.2. The van der Waals surface area contributed by atoms with Crippen LogP contribution in [0.4, 0.5) is 0 Å². The van der Waals surface area contributed by atoms with Gasteiger partial charge in [0, 0.05) is 13.0 Å². The quantitative estimate of drug-likeness (QED) is 0.790. The molecule has 120 valence electrons. The summed E-state index contributed by atoms with van der Waals surface area (Å²) in [7, 11) is 0. The summed E-state index contributed by atoms with van der Waals surface area (Å²) < 4.78 is 1.62. The van der Waals surface area contributed by atoms with Crippen LogP contribution in [-0.4, -0.2) is 49.2 Å². The number of rotatable bonds is 4. The molecule has 0 spiro atoms. The van der Waals surface area contributed by atoms with Gasteiger partial charge in [0.2, 0.25) is 17.0 Å². The van der Waals surface area contributed by atoms with Gasteiger partial charge in [0.1, 0.15) is 0 Å². The first-order valence-corrected chi connectivity index (χ1v) is 8.37. The van der Waals surface area contributed by atoms with Crippen molar-refractivity contribution in [3.05, 3.63) is 29.3 Å². The second-order valence-corrected chi connectivity index (χ2v) is 6.44. The highest BCUT2D eigenvalue weighted by atomic mass is 32.2. The number of benzene rings is 1. The van der Waals surface area contributed by atoms with E-state index in [9.17, 15) is 9.59 Å². The van der Waals surface area contributed by atoms with Gasteiger partial charge in [-0.1, -0.05) is 29.5 Å². The number of hydrogen-bond acceptors (Lipinski definition) is 6. The molecule has 1 fully saturated rings. The lowest BCUT2D eigenvalue weighted by atomic mass is 10.1. The molecule has 0 radical (unpaired) electrons. The highest BCUT2D eigenvalue weighted by Crippen LogP contribution is 2.22. The number of carbonyl (C=O) groups excluding carboxylic acids is 2. The molecule has 7 nitrogen and oxygen atoms in total. The monoisotopic (exact) mass is 331 g/mol. The predicted molar refractivity (Wildman–Crippen MR) is 85.3 cm³/mol. The summed E-state index contributed by atoms with van der Waals surface area (Å²) in [6.07, 6.45) is 1.20. The van der Waals surface area contributed by atoms with Crippen LogP contribution < -0.4 is 0 Å². The van der Waals surface area contributed by atoms with E-state index in [0.29, 0.717) is 18.1 Å². The van der Waals surface area contributed by atoms with E-state index in [2.05, 4.69) is 21.6 Å². The highest BCUT2D eigenvalue weighted by molar-refractivity contribution is 7.99. The number of likely N-dealkylation sites (tertiary alicyclic amines) is 1. The van der Waals surface area contributed by atoms with E-state index in [4.69, 9.17) is 0 Å². The van der Waals surface area contributed by atoms with E-state index in [-0.39, 0.29) is 17.6 Å². The Morgan fingerprint density at radius 2 is 2.17 bits per heavy atom. The van der Waals surface area contributed by atoms with Gasteiger partial charge in [-0.25, -0.2) is 0 Å². The average molecular weight is 331 g/mol. The normalized spacial score (nSPS) is 14.5. The molecule has 0 aliphatic carbocycles. The van der Waals surface area contributed by atoms with Crippen LogP contribution >= 0.6 is 11.8 Å². The van der Waals surface area contributed by atoms with Gasteiger partial charge in [-0.05, 0) is 42.3 Å². The summed E-state index contributed by atoms with van der Waals surface area (Å²) in [5.74, 6) is -0.131. The van der Waals surface area contributed by atoms with Crippen molar-refractivity contribution in [3.8, 4) is 5.69 Å². The van der Waals surface area contributed by atoms with E-state index in [0.717, 1.165) is 23.2 Å². The van der Waals surface area contributed by atoms with Gasteiger partial charge in [0.25, 0.3) is 0 Å². The number of hydrogen-bond donors (Lipinski definition) is 0. The van der Waals surface area contributed by atoms with Crippen LogP contribution in [0.1, 0.15) is 24.0 Å². The molecule has 23 heavy (non-hydrogen) atoms. The smallest absolute Gasteiger partial charge is 0.239 e. The molecule has 1 aliphatic rings. The van der Waals surface area contributed by atoms with Crippen molar-refractivity contribution in [2.75, 3.05) is 12.3 Å². The number of nitrogens with zero attached hydrogens (tertiary/aromatic N) is 5. The largest absolute Gasteiger partial charge is 0.282 e. The zero-order valence-electron chi connectivity index (χ0n) is 13.0. The number of aryl methyl sites for hydroxylation is 2. The van der Waals surface area contributed by atoms with Crippen molar-refractivity contribution in [1.82, 2.24) is 25.1 Å². The van der Waals surface area contributed by atoms with E-state index in [1.165, 1.54) is 16.7 Å². The van der Waals surface area contributed by atoms with Crippen LogP contribution in [0.25, 0.3) is 5.69 Å². The zero-order valence-corrected chi connectivity index (χ0v) is 13.8. The Morgan fingerprint density at radius 3 is 2.87 bits per heavy atom. The van der Waals surface area contributed by atoms with Gasteiger partial charge < -0.3 is 0 Å². The molecule has 1 aliphatic heterocycles. The van der Waals surface area contributed by atoms with Crippen molar-refractivity contribution in [3.63, 3.8) is 0 Å². The van der Waals surface area contributed by atoms with Crippen molar-refractivity contribution in [2.45, 2.75) is 31.8 Å². The Balaban J connectivity index is 1.74. The summed E-state index contributed by atoms with van der Waals surface area (Å²) in [6.45, 7) is 4.53. The number of amides is 2. The van der Waals surface area contributed by atoms with E-state index in [1.54, 1.807) is 4.68 Å². The first kappa shape index (κ1) is 15.7. The number of carbonyl (C=O) groups is 2. The SMILES string of the molecule is Cc1ccc(-n2nnnc2SCC(=O)N2CCCC2=O)c(C)c1. The molecule has 8 heteroatoms. The lowest BCUT2D eigenvalue weighted by molar-refractivity contribution is -0.140. The van der Waals surface area contributed by atoms with Gasteiger partial charge >= 0.3 is 0 Å². The standard InChI is InChI=1S/C15H17N5O2S/c1-10-5-6-12(11(2)8-10)20-15(16-17-18-20)23-9-14(22)19-7-3-4-13(19)21/h5-6,8H,3-4,7,9H2,1-2H3. The molecule has 2 heterocycles. The van der Waals surface area contributed by atoms with Crippen LogP contribution in [0.2, 0.25) is 0 Å². The van der Waals surface area contributed by atoms with Crippen molar-refractivity contribution in [1.29, 1.82) is 0 Å². The van der Waals surface area contributed by atoms with Crippen LogP contribution in [-0.2, 0) is 9.59 Å². The number of thioether (sulfide) groups is 1. The zero-order chi connectivity index (χ0) is 16.4. The second kappa shape index (κ2) is 6.49. The van der Waals surface area contributed by atoms with E-state index >= 15 is 0 Å². The summed E-state index contributed by atoms with van der Waals surface area (Å²) >= 11 is 1.24. The Bertz CT molecular complexity index is 758. The first-order chi connectivity index (χ1) is 11.1. The molecule has 0 N–H and O–H groups in total. The molecule has 0 unspecified atom stereocenters. The second-order valence-electron chi connectivity index (χ2n) is 5.49. The molecular weight excluding hydrogens is 314 g/mol. The third kappa shape index (κ3) is 3.26. The fourth-order valence-electron chi connectivity index (χ4n) is 2.58. The van der Waals surface area contributed by atoms with Gasteiger partial charge in [0.05, 0.1) is 11.4 Å². The van der Waals surface area contributed by atoms with E-state index in [1.807, 2.05) is 26.0 Å². The molecule has 1 aromatic carbocycles. The van der Waals surface area contributed by atoms with Gasteiger partial charge in [0.15, 0.2) is 0 Å². The minimum absolute atomic E-state index is 0.0930. The van der Waals surface area contributed by atoms with Crippen LogP contribution in [0.15, 0.2) is 23.4 Å². The Kier molecular flexibility index (Phi) is 4.42. The summed E-state index contributed by atoms with van der Waals surface area (Å²) in [4.78, 5) is 25.0. The maximum Gasteiger partial charge on any atom is 0.239 e. The fourth-order valence-corrected chi connectivity index (χ4v) is 3.34. The summed E-state index contributed by atoms with van der Waals surface area (Å²) in [6, 6.07) is 6.00. The topological polar surface area (TPSA) is 81.0 Å². The third-order valence-corrected chi connectivity index (χ3v) is 4.62. The van der Waals surface area contributed by atoms with Gasteiger partial charge in [-0.2, -0.15) is 4.68 Å². The maximum atomic E-state index is 12.1. The molecule has 1 saturated heterocycles. The Labute approximate surface area is 138 Å². The highest BCUT2D eigenvalue weighted by Gasteiger charge is 2.26. The molecule has 2 aromatic rings. The fraction of sp³-hybridized carbons (Fsp3) is 0.400. The van der Waals surface area contributed by atoms with Crippen LogP contribution in [0.5, 0.6) is 0 Å². The third-order valence-electron chi connectivity index (χ3n) is 3.72. The average Bonchev–Trinajstić information content (AvgIpc) is 3.13. The predicted octanol–water partition coefficient (Wildman–Crippen LogP) is 1.52. The lowest BCUT2D eigenvalue weighted by Gasteiger charge is -2.13. The van der Waals surface area contributed by atoms with Crippen molar-refractivity contribution >= 4 is 23.6 Å². The van der Waals surface area contributed by atoms with E-state index < -0.39 is 0 Å². The molecule has 0 saturated carbocycles. The van der Waals surface area contributed by atoms with Gasteiger partial charge in [-0.3, -0.25) is 14.5 Å². The first-order valence-electron chi connectivity index (χ1n) is 7.38. The van der Waals surface area contributed by atoms with Crippen LogP contribution in [0, 0.1) is 13.8 Å². The Morgan fingerprint density at radius 1 is 1.35 bits per heavy atom. The molecular formula is C15H17N5O2S.